The van der Waals surface area contributed by atoms with Crippen LogP contribution in [0.1, 0.15) is 25.6 Å². The summed E-state index contributed by atoms with van der Waals surface area (Å²) in [7, 11) is 0. The third kappa shape index (κ3) is 3.61. The molecular weight excluding hydrogens is 388 g/mol. The Hall–Kier alpha value is -0.300. The van der Waals surface area contributed by atoms with Gasteiger partial charge in [0.15, 0.2) is 0 Å². The molecule has 2 unspecified atom stereocenters. The van der Waals surface area contributed by atoms with Crippen LogP contribution >= 0.6 is 38.9 Å². The van der Waals surface area contributed by atoms with Crippen LogP contribution in [0.5, 0.6) is 0 Å². The molecule has 2 aliphatic rings. The number of fused-ring (bicyclic) bond motifs is 1. The molecule has 1 aliphatic carbocycles. The van der Waals surface area contributed by atoms with E-state index in [1.165, 1.54) is 4.88 Å². The number of ether oxygens (including phenoxy) is 1. The van der Waals surface area contributed by atoms with Crippen LogP contribution in [0.3, 0.4) is 0 Å². The Bertz CT molecular complexity index is 555. The minimum atomic E-state index is -0.423. The van der Waals surface area contributed by atoms with Crippen molar-refractivity contribution in [3.05, 3.63) is 19.8 Å². The standard InChI is InChI=1S/C15H20BrClN2O2S/c1-15(2,3)21-14(20)19-6-9-10(7-19)12(9)18-5-8-4-11(16)13(17)22-8/h4,9-10,12,18H,5-7H2,1-3H3. The number of piperidine rings is 1. The summed E-state index contributed by atoms with van der Waals surface area (Å²) in [6, 6.07) is 2.57. The molecule has 2 fully saturated rings. The summed E-state index contributed by atoms with van der Waals surface area (Å²) >= 11 is 11.1. The van der Waals surface area contributed by atoms with E-state index in [1.54, 1.807) is 11.3 Å². The molecule has 0 aromatic carbocycles. The largest absolute Gasteiger partial charge is 0.444 e. The monoisotopic (exact) mass is 406 g/mol. The van der Waals surface area contributed by atoms with Crippen molar-refractivity contribution in [3.63, 3.8) is 0 Å². The molecule has 2 atom stereocenters. The normalized spacial score (nSPS) is 27.0. The molecule has 0 radical (unpaired) electrons. The van der Waals surface area contributed by atoms with Crippen LogP contribution < -0.4 is 5.32 Å². The average molecular weight is 408 g/mol. The van der Waals surface area contributed by atoms with Gasteiger partial charge in [0.05, 0.1) is 0 Å². The Kier molecular flexibility index (Phi) is 4.49. The zero-order valence-electron chi connectivity index (χ0n) is 12.9. The Labute approximate surface area is 148 Å². The molecule has 0 bridgehead atoms. The zero-order chi connectivity index (χ0) is 16.1. The second-order valence-electron chi connectivity index (χ2n) is 6.95. The summed E-state index contributed by atoms with van der Waals surface area (Å²) in [6.45, 7) is 8.13. The first-order chi connectivity index (χ1) is 10.2. The highest BCUT2D eigenvalue weighted by Gasteiger charge is 2.56. The third-order valence-electron chi connectivity index (χ3n) is 4.05. The molecule has 22 heavy (non-hydrogen) atoms. The van der Waals surface area contributed by atoms with Gasteiger partial charge in [0, 0.05) is 35.0 Å². The van der Waals surface area contributed by atoms with Crippen molar-refractivity contribution < 1.29 is 9.53 Å². The van der Waals surface area contributed by atoms with Crippen LogP contribution in [0.15, 0.2) is 10.5 Å². The van der Waals surface area contributed by atoms with Gasteiger partial charge in [0.1, 0.15) is 9.94 Å². The van der Waals surface area contributed by atoms with Gasteiger partial charge in [-0.2, -0.15) is 0 Å². The minimum absolute atomic E-state index is 0.188. The van der Waals surface area contributed by atoms with Crippen LogP contribution in [-0.2, 0) is 11.3 Å². The second kappa shape index (κ2) is 5.96. The molecule has 0 spiro atoms. The maximum Gasteiger partial charge on any atom is 0.410 e. The zero-order valence-corrected chi connectivity index (χ0v) is 16.0. The molecule has 2 heterocycles. The van der Waals surface area contributed by atoms with Crippen molar-refractivity contribution in [1.82, 2.24) is 10.2 Å². The number of hydrogen-bond donors (Lipinski definition) is 1. The average Bonchev–Trinajstić information content (AvgIpc) is 2.73. The van der Waals surface area contributed by atoms with Gasteiger partial charge in [-0.1, -0.05) is 11.6 Å². The van der Waals surface area contributed by atoms with Gasteiger partial charge >= 0.3 is 6.09 Å². The Morgan fingerprint density at radius 2 is 2.14 bits per heavy atom. The SMILES string of the molecule is CC(C)(C)OC(=O)N1CC2C(C1)C2NCc1cc(Br)c(Cl)s1. The number of thiophene rings is 1. The molecule has 1 amide bonds. The number of carbonyl (C=O) groups is 1. The number of likely N-dealkylation sites (tertiary alicyclic amines) is 1. The highest BCUT2D eigenvalue weighted by molar-refractivity contribution is 9.10. The van der Waals surface area contributed by atoms with Crippen molar-refractivity contribution in [2.24, 2.45) is 11.8 Å². The third-order valence-corrected chi connectivity index (χ3v) is 6.53. The fourth-order valence-electron chi connectivity index (χ4n) is 3.00. The molecule has 1 saturated heterocycles. The van der Waals surface area contributed by atoms with Crippen LogP contribution in [0.2, 0.25) is 4.34 Å². The molecule has 1 aliphatic heterocycles. The molecule has 4 nitrogen and oxygen atoms in total. The molecule has 1 N–H and O–H groups in total. The summed E-state index contributed by atoms with van der Waals surface area (Å²) in [4.78, 5) is 15.1. The lowest BCUT2D eigenvalue weighted by Crippen LogP contribution is -2.39. The van der Waals surface area contributed by atoms with Crippen molar-refractivity contribution in [3.8, 4) is 0 Å². The number of nitrogens with one attached hydrogen (secondary N) is 1. The summed E-state index contributed by atoms with van der Waals surface area (Å²) in [6.07, 6.45) is -0.188. The van der Waals surface area contributed by atoms with E-state index < -0.39 is 5.60 Å². The van der Waals surface area contributed by atoms with Gasteiger partial charge in [-0.15, -0.1) is 11.3 Å². The Morgan fingerprint density at radius 3 is 2.64 bits per heavy atom. The lowest BCUT2D eigenvalue weighted by molar-refractivity contribution is 0.0269. The lowest BCUT2D eigenvalue weighted by atomic mass is 10.2. The maximum absolute atomic E-state index is 12.0. The van der Waals surface area contributed by atoms with Crippen LogP contribution in [0.4, 0.5) is 4.79 Å². The molecule has 3 rings (SSSR count). The van der Waals surface area contributed by atoms with Crippen LogP contribution in [-0.4, -0.2) is 35.7 Å². The molecule has 122 valence electrons. The Morgan fingerprint density at radius 1 is 1.50 bits per heavy atom. The first-order valence-electron chi connectivity index (χ1n) is 7.39. The number of hydrogen-bond acceptors (Lipinski definition) is 4. The van der Waals surface area contributed by atoms with Crippen molar-refractivity contribution in [1.29, 1.82) is 0 Å². The van der Waals surface area contributed by atoms with E-state index in [9.17, 15) is 4.79 Å². The molecule has 7 heteroatoms. The van der Waals surface area contributed by atoms with E-state index in [4.69, 9.17) is 16.3 Å². The van der Waals surface area contributed by atoms with Crippen molar-refractivity contribution in [2.75, 3.05) is 13.1 Å². The number of amides is 1. The number of carbonyl (C=O) groups excluding carboxylic acids is 1. The highest BCUT2D eigenvalue weighted by atomic mass is 79.9. The van der Waals surface area contributed by atoms with Gasteiger partial charge in [-0.3, -0.25) is 0 Å². The quantitative estimate of drug-likeness (QED) is 0.819. The van der Waals surface area contributed by atoms with Gasteiger partial charge in [0.25, 0.3) is 0 Å². The summed E-state index contributed by atoms with van der Waals surface area (Å²) < 4.78 is 7.18. The molecule has 1 aromatic heterocycles. The molecule has 1 aromatic rings. The highest BCUT2D eigenvalue weighted by Crippen LogP contribution is 2.46. The van der Waals surface area contributed by atoms with E-state index >= 15 is 0 Å². The summed E-state index contributed by atoms with van der Waals surface area (Å²) in [5.41, 5.74) is -0.423. The van der Waals surface area contributed by atoms with Gasteiger partial charge in [-0.05, 0) is 54.6 Å². The first-order valence-corrected chi connectivity index (χ1v) is 9.38. The predicted octanol–water partition coefficient (Wildman–Crippen LogP) is 4.12. The van der Waals surface area contributed by atoms with Crippen LogP contribution in [0.25, 0.3) is 0 Å². The van der Waals surface area contributed by atoms with E-state index in [0.717, 1.165) is 28.4 Å². The topological polar surface area (TPSA) is 41.6 Å². The Balaban J connectivity index is 1.44. The number of nitrogens with zero attached hydrogens (tertiary/aromatic N) is 1. The van der Waals surface area contributed by atoms with Gasteiger partial charge < -0.3 is 15.0 Å². The summed E-state index contributed by atoms with van der Waals surface area (Å²) in [5.74, 6) is 1.12. The molecule has 1 saturated carbocycles. The van der Waals surface area contributed by atoms with Crippen molar-refractivity contribution >= 4 is 45.0 Å². The fraction of sp³-hybridized carbons (Fsp3) is 0.667. The predicted molar refractivity (Wildman–Crippen MR) is 92.4 cm³/mol. The number of halogens is 2. The van der Waals surface area contributed by atoms with Gasteiger partial charge in [-0.25, -0.2) is 4.79 Å². The second-order valence-corrected chi connectivity index (χ2v) is 9.55. The fourth-order valence-corrected chi connectivity index (χ4v) is 4.74. The molecular formula is C15H20BrClN2O2S. The van der Waals surface area contributed by atoms with E-state index in [2.05, 4.69) is 27.3 Å². The smallest absolute Gasteiger partial charge is 0.410 e. The first kappa shape index (κ1) is 16.6. The van der Waals surface area contributed by atoms with E-state index in [0.29, 0.717) is 17.9 Å². The van der Waals surface area contributed by atoms with Crippen LogP contribution in [0, 0.1) is 11.8 Å². The van der Waals surface area contributed by atoms with E-state index in [1.807, 2.05) is 25.7 Å². The minimum Gasteiger partial charge on any atom is -0.444 e. The summed E-state index contributed by atoms with van der Waals surface area (Å²) in [5, 5.41) is 3.58. The van der Waals surface area contributed by atoms with Gasteiger partial charge in [0.2, 0.25) is 0 Å². The number of rotatable bonds is 3. The van der Waals surface area contributed by atoms with E-state index in [-0.39, 0.29) is 6.09 Å². The maximum atomic E-state index is 12.0. The van der Waals surface area contributed by atoms with Crippen molar-refractivity contribution in [2.45, 2.75) is 39.0 Å². The lowest BCUT2D eigenvalue weighted by Gasteiger charge is -2.26.